The summed E-state index contributed by atoms with van der Waals surface area (Å²) in [6, 6.07) is 19.6. The first-order chi connectivity index (χ1) is 13.2. The second-order valence-corrected chi connectivity index (χ2v) is 6.96. The lowest BCUT2D eigenvalue weighted by Crippen LogP contribution is -2.12. The van der Waals surface area contributed by atoms with Gasteiger partial charge in [0.15, 0.2) is 0 Å². The zero-order valence-corrected chi connectivity index (χ0v) is 15.1. The Morgan fingerprint density at radius 3 is 2.67 bits per heavy atom. The molecule has 0 atom stereocenters. The third kappa shape index (κ3) is 3.96. The number of nitrogens with one attached hydrogen (secondary N) is 1. The summed E-state index contributed by atoms with van der Waals surface area (Å²) in [5.74, 6) is -0.714. The van der Waals surface area contributed by atoms with Gasteiger partial charge in [0.05, 0.1) is 17.0 Å². The number of hydrogen-bond acceptors (Lipinski definition) is 3. The topological polar surface area (TPSA) is 46.9 Å². The van der Waals surface area contributed by atoms with Crippen LogP contribution in [0.25, 0.3) is 10.6 Å². The van der Waals surface area contributed by atoms with Crippen molar-refractivity contribution in [1.82, 2.24) is 9.78 Å². The van der Waals surface area contributed by atoms with Crippen molar-refractivity contribution in [2.75, 3.05) is 5.32 Å². The van der Waals surface area contributed by atoms with Crippen molar-refractivity contribution >= 4 is 22.9 Å². The Hall–Kier alpha value is -3.25. The Balaban J connectivity index is 1.66. The van der Waals surface area contributed by atoms with Crippen LogP contribution in [-0.4, -0.2) is 15.7 Å². The van der Waals surface area contributed by atoms with Crippen LogP contribution in [0.2, 0.25) is 0 Å². The molecule has 4 rings (SSSR count). The second-order valence-electron chi connectivity index (χ2n) is 6.02. The normalized spacial score (nSPS) is 10.7. The van der Waals surface area contributed by atoms with E-state index in [2.05, 4.69) is 10.4 Å². The van der Waals surface area contributed by atoms with Crippen LogP contribution in [0, 0.1) is 5.82 Å². The number of thiophene rings is 1. The van der Waals surface area contributed by atoms with Crippen molar-refractivity contribution < 1.29 is 9.18 Å². The van der Waals surface area contributed by atoms with Crippen molar-refractivity contribution in [2.45, 2.75) is 6.54 Å². The van der Waals surface area contributed by atoms with Crippen LogP contribution in [0.4, 0.5) is 10.1 Å². The Bertz CT molecular complexity index is 1060. The molecule has 4 nitrogen and oxygen atoms in total. The molecule has 2 aromatic carbocycles. The molecule has 27 heavy (non-hydrogen) atoms. The van der Waals surface area contributed by atoms with Crippen LogP contribution in [-0.2, 0) is 6.54 Å². The molecule has 0 unspecified atom stereocenters. The lowest BCUT2D eigenvalue weighted by atomic mass is 10.2. The lowest BCUT2D eigenvalue weighted by Gasteiger charge is -2.04. The largest absolute Gasteiger partial charge is 0.322 e. The fourth-order valence-electron chi connectivity index (χ4n) is 2.80. The Kier molecular flexibility index (Phi) is 4.80. The Morgan fingerprint density at radius 2 is 1.93 bits per heavy atom. The molecule has 1 N–H and O–H groups in total. The van der Waals surface area contributed by atoms with Gasteiger partial charge in [-0.05, 0) is 35.2 Å². The number of rotatable bonds is 5. The zero-order valence-electron chi connectivity index (χ0n) is 14.3. The van der Waals surface area contributed by atoms with E-state index in [0.717, 1.165) is 10.4 Å². The number of amides is 1. The summed E-state index contributed by atoms with van der Waals surface area (Å²) in [5.41, 5.74) is 2.58. The molecular weight excluding hydrogens is 361 g/mol. The highest BCUT2D eigenvalue weighted by Gasteiger charge is 2.19. The van der Waals surface area contributed by atoms with Gasteiger partial charge in [0.1, 0.15) is 11.5 Å². The van der Waals surface area contributed by atoms with Gasteiger partial charge < -0.3 is 5.32 Å². The van der Waals surface area contributed by atoms with Crippen LogP contribution < -0.4 is 5.32 Å². The van der Waals surface area contributed by atoms with Crippen molar-refractivity contribution in [2.24, 2.45) is 0 Å². The predicted octanol–water partition coefficient (Wildman–Crippen LogP) is 5.05. The van der Waals surface area contributed by atoms with E-state index in [9.17, 15) is 9.18 Å². The van der Waals surface area contributed by atoms with Gasteiger partial charge in [-0.1, -0.05) is 42.5 Å². The zero-order chi connectivity index (χ0) is 18.6. The maximum absolute atomic E-state index is 13.4. The molecule has 0 aliphatic carbocycles. The number of nitrogens with zero attached hydrogens (tertiary/aromatic N) is 2. The summed E-state index contributed by atoms with van der Waals surface area (Å²) in [6.45, 7) is 0.562. The van der Waals surface area contributed by atoms with Gasteiger partial charge in [0.2, 0.25) is 0 Å². The minimum absolute atomic E-state index is 0.316. The highest BCUT2D eigenvalue weighted by Crippen LogP contribution is 2.27. The van der Waals surface area contributed by atoms with Gasteiger partial charge in [-0.15, -0.1) is 11.3 Å². The van der Waals surface area contributed by atoms with Gasteiger partial charge in [0, 0.05) is 11.9 Å². The van der Waals surface area contributed by atoms with Gasteiger partial charge >= 0.3 is 0 Å². The van der Waals surface area contributed by atoms with Crippen molar-refractivity contribution in [3.8, 4) is 10.6 Å². The number of carbonyl (C=O) groups is 1. The van der Waals surface area contributed by atoms with Crippen LogP contribution in [0.15, 0.2) is 78.3 Å². The number of benzene rings is 2. The molecule has 0 bridgehead atoms. The fourth-order valence-corrected chi connectivity index (χ4v) is 3.52. The summed E-state index contributed by atoms with van der Waals surface area (Å²) in [7, 11) is 0. The molecule has 1 amide bonds. The summed E-state index contributed by atoms with van der Waals surface area (Å²) in [4.78, 5) is 13.7. The summed E-state index contributed by atoms with van der Waals surface area (Å²) < 4.78 is 15.2. The molecular formula is C21H16FN3OS. The molecule has 0 aliphatic heterocycles. The number of anilines is 1. The molecule has 0 saturated carbocycles. The third-order valence-corrected chi connectivity index (χ3v) is 4.91. The van der Waals surface area contributed by atoms with Gasteiger partial charge in [0.25, 0.3) is 5.91 Å². The maximum Gasteiger partial charge on any atom is 0.259 e. The summed E-state index contributed by atoms with van der Waals surface area (Å²) in [5, 5.41) is 9.32. The first-order valence-electron chi connectivity index (χ1n) is 8.41. The quantitative estimate of drug-likeness (QED) is 0.529. The van der Waals surface area contributed by atoms with Crippen molar-refractivity contribution in [3.63, 3.8) is 0 Å². The van der Waals surface area contributed by atoms with Gasteiger partial charge in [-0.3, -0.25) is 9.48 Å². The lowest BCUT2D eigenvalue weighted by molar-refractivity contribution is 0.102. The smallest absolute Gasteiger partial charge is 0.259 e. The van der Waals surface area contributed by atoms with Crippen molar-refractivity contribution in [3.05, 3.63) is 95.3 Å². The predicted molar refractivity (Wildman–Crippen MR) is 105 cm³/mol. The van der Waals surface area contributed by atoms with Crippen LogP contribution in [0.3, 0.4) is 0 Å². The monoisotopic (exact) mass is 377 g/mol. The van der Waals surface area contributed by atoms with E-state index in [1.54, 1.807) is 23.0 Å². The first-order valence-corrected chi connectivity index (χ1v) is 9.29. The van der Waals surface area contributed by atoms with Crippen LogP contribution in [0.1, 0.15) is 15.9 Å². The highest BCUT2D eigenvalue weighted by molar-refractivity contribution is 7.13. The highest BCUT2D eigenvalue weighted by atomic mass is 32.1. The molecule has 134 valence electrons. The standard InChI is InChI=1S/C21H16FN3OS/c22-16-8-4-9-17(12-16)23-21(26)18-14-25(13-15-6-2-1-3-7-15)24-20(18)19-10-5-11-27-19/h1-12,14H,13H2,(H,23,26). The van der Waals surface area contributed by atoms with Gasteiger partial charge in [-0.25, -0.2) is 4.39 Å². The number of halogens is 1. The Morgan fingerprint density at radius 1 is 1.07 bits per heavy atom. The molecule has 2 heterocycles. The molecule has 0 spiro atoms. The summed E-state index contributed by atoms with van der Waals surface area (Å²) in [6.07, 6.45) is 1.73. The molecule has 0 radical (unpaired) electrons. The average Bonchev–Trinajstić information content (AvgIpc) is 3.32. The minimum atomic E-state index is -0.397. The van der Waals surface area contributed by atoms with Crippen LogP contribution >= 0.6 is 11.3 Å². The third-order valence-electron chi connectivity index (χ3n) is 4.03. The number of hydrogen-bond donors (Lipinski definition) is 1. The first kappa shape index (κ1) is 17.2. The van der Waals surface area contributed by atoms with E-state index in [1.165, 1.54) is 23.5 Å². The molecule has 4 aromatic rings. The van der Waals surface area contributed by atoms with E-state index >= 15 is 0 Å². The van der Waals surface area contributed by atoms with E-state index in [-0.39, 0.29) is 5.91 Å². The molecule has 2 aromatic heterocycles. The van der Waals surface area contributed by atoms with Crippen LogP contribution in [0.5, 0.6) is 0 Å². The number of carbonyl (C=O) groups excluding carboxylic acids is 1. The Labute approximate surface area is 159 Å². The summed E-state index contributed by atoms with van der Waals surface area (Å²) >= 11 is 1.52. The van der Waals surface area contributed by atoms with E-state index < -0.39 is 5.82 Å². The maximum atomic E-state index is 13.4. The number of aromatic nitrogens is 2. The molecule has 0 fully saturated rings. The van der Waals surface area contributed by atoms with Crippen molar-refractivity contribution in [1.29, 1.82) is 0 Å². The SMILES string of the molecule is O=C(Nc1cccc(F)c1)c1cn(Cc2ccccc2)nc1-c1cccs1. The average molecular weight is 377 g/mol. The molecule has 0 aliphatic rings. The van der Waals surface area contributed by atoms with E-state index in [4.69, 9.17) is 0 Å². The second kappa shape index (κ2) is 7.55. The minimum Gasteiger partial charge on any atom is -0.322 e. The van der Waals surface area contributed by atoms with E-state index in [1.807, 2.05) is 47.8 Å². The molecule has 0 saturated heterocycles. The molecule has 6 heteroatoms. The van der Waals surface area contributed by atoms with Gasteiger partial charge in [-0.2, -0.15) is 5.10 Å². The fraction of sp³-hybridized carbons (Fsp3) is 0.0476. The van der Waals surface area contributed by atoms with E-state index in [0.29, 0.717) is 23.5 Å².